The average molecular weight is 287 g/mol. The minimum absolute atomic E-state index is 0. The van der Waals surface area contributed by atoms with Crippen molar-refractivity contribution in [3.8, 4) is 0 Å². The van der Waals surface area contributed by atoms with Crippen LogP contribution in [0, 0.1) is 5.41 Å². The van der Waals surface area contributed by atoms with Gasteiger partial charge < -0.3 is 4.90 Å². The first kappa shape index (κ1) is 12.6. The first-order valence-corrected chi connectivity index (χ1v) is 5.85. The van der Waals surface area contributed by atoms with Crippen LogP contribution in [-0.2, 0) is 6.42 Å². The van der Waals surface area contributed by atoms with Gasteiger partial charge in [-0.25, -0.2) is 0 Å². The molecular formula is C11H15BrN2S. The number of hydrogen-bond donors (Lipinski definition) is 1. The van der Waals surface area contributed by atoms with E-state index in [4.69, 9.17) is 5.41 Å². The predicted molar refractivity (Wildman–Crippen MR) is 72.2 cm³/mol. The van der Waals surface area contributed by atoms with Gasteiger partial charge in [-0.2, -0.15) is 0 Å². The molecule has 1 aliphatic rings. The summed E-state index contributed by atoms with van der Waals surface area (Å²) in [6.07, 6.45) is 1.05. The van der Waals surface area contributed by atoms with Gasteiger partial charge in [0, 0.05) is 18.8 Å². The Balaban J connectivity index is 0.00000112. The third-order valence-corrected chi connectivity index (χ3v) is 3.32. The Morgan fingerprint density at radius 2 is 2.00 bits per heavy atom. The number of nitrogens with zero attached hydrogens (tertiary/aromatic N) is 1. The fourth-order valence-corrected chi connectivity index (χ4v) is 2.44. The smallest absolute Gasteiger partial charge is 0.156 e. The number of halogens is 1. The zero-order valence-corrected chi connectivity index (χ0v) is 11.0. The van der Waals surface area contributed by atoms with Crippen molar-refractivity contribution < 1.29 is 0 Å². The highest BCUT2D eigenvalue weighted by molar-refractivity contribution is 8.93. The molecule has 1 N–H and O–H groups in total. The normalized spacial score (nSPS) is 15.2. The quantitative estimate of drug-likeness (QED) is 0.925. The fourth-order valence-electron chi connectivity index (χ4n) is 1.57. The highest BCUT2D eigenvalue weighted by Crippen LogP contribution is 2.16. The van der Waals surface area contributed by atoms with E-state index in [0.29, 0.717) is 0 Å². The van der Waals surface area contributed by atoms with E-state index >= 15 is 0 Å². The van der Waals surface area contributed by atoms with Crippen LogP contribution in [0.2, 0.25) is 0 Å². The summed E-state index contributed by atoms with van der Waals surface area (Å²) < 4.78 is 0. The van der Waals surface area contributed by atoms with Gasteiger partial charge in [-0.15, -0.1) is 17.0 Å². The van der Waals surface area contributed by atoms with Crippen molar-refractivity contribution in [2.75, 3.05) is 18.8 Å². The van der Waals surface area contributed by atoms with E-state index in [1.165, 1.54) is 5.56 Å². The van der Waals surface area contributed by atoms with Gasteiger partial charge in [-0.05, 0) is 12.0 Å². The van der Waals surface area contributed by atoms with Crippen LogP contribution >= 0.6 is 28.7 Å². The maximum atomic E-state index is 7.66. The van der Waals surface area contributed by atoms with Gasteiger partial charge in [-0.1, -0.05) is 42.1 Å². The van der Waals surface area contributed by atoms with Crippen LogP contribution in [-0.4, -0.2) is 28.9 Å². The molecule has 1 aliphatic heterocycles. The summed E-state index contributed by atoms with van der Waals surface area (Å²) >= 11 is 1.65. The number of nitrogens with one attached hydrogen (secondary N) is 1. The van der Waals surface area contributed by atoms with Crippen molar-refractivity contribution in [3.05, 3.63) is 35.9 Å². The Kier molecular flexibility index (Phi) is 5.19. The molecule has 0 radical (unpaired) electrons. The second-order valence-corrected chi connectivity index (χ2v) is 4.46. The van der Waals surface area contributed by atoms with Crippen LogP contribution in [0.1, 0.15) is 5.56 Å². The van der Waals surface area contributed by atoms with Gasteiger partial charge in [0.1, 0.15) is 0 Å². The largest absolute Gasteiger partial charge is 0.350 e. The van der Waals surface area contributed by atoms with E-state index in [9.17, 15) is 0 Å². The lowest BCUT2D eigenvalue weighted by Gasteiger charge is -2.16. The number of rotatable bonds is 3. The van der Waals surface area contributed by atoms with Crippen LogP contribution < -0.4 is 0 Å². The van der Waals surface area contributed by atoms with Crippen molar-refractivity contribution in [1.29, 1.82) is 5.41 Å². The summed E-state index contributed by atoms with van der Waals surface area (Å²) in [5.74, 6) is 1.08. The molecule has 0 unspecified atom stereocenters. The van der Waals surface area contributed by atoms with Crippen molar-refractivity contribution >= 4 is 33.9 Å². The highest BCUT2D eigenvalue weighted by Gasteiger charge is 2.16. The summed E-state index contributed by atoms with van der Waals surface area (Å²) in [6.45, 7) is 2.02. The van der Waals surface area contributed by atoms with Crippen LogP contribution in [0.5, 0.6) is 0 Å². The van der Waals surface area contributed by atoms with Crippen molar-refractivity contribution in [2.45, 2.75) is 6.42 Å². The van der Waals surface area contributed by atoms with E-state index in [0.717, 1.165) is 30.4 Å². The van der Waals surface area contributed by atoms with Gasteiger partial charge >= 0.3 is 0 Å². The van der Waals surface area contributed by atoms with Gasteiger partial charge in [0.05, 0.1) is 0 Å². The van der Waals surface area contributed by atoms with E-state index in [1.807, 2.05) is 6.07 Å². The Labute approximate surface area is 105 Å². The third-order valence-electron chi connectivity index (χ3n) is 2.40. The molecule has 15 heavy (non-hydrogen) atoms. The average Bonchev–Trinajstić information content (AvgIpc) is 2.63. The maximum Gasteiger partial charge on any atom is 0.156 e. The Morgan fingerprint density at radius 1 is 1.27 bits per heavy atom. The summed E-state index contributed by atoms with van der Waals surface area (Å²) in [4.78, 5) is 2.15. The van der Waals surface area contributed by atoms with Gasteiger partial charge in [-0.3, -0.25) is 5.41 Å². The second-order valence-electron chi connectivity index (χ2n) is 3.38. The molecule has 0 aliphatic carbocycles. The molecule has 1 saturated heterocycles. The summed E-state index contributed by atoms with van der Waals surface area (Å²) in [5, 5.41) is 8.40. The fraction of sp³-hybridized carbons (Fsp3) is 0.364. The Hall–Kier alpha value is -0.480. The molecule has 1 aromatic rings. The Morgan fingerprint density at radius 3 is 2.60 bits per heavy atom. The van der Waals surface area contributed by atoms with E-state index in [-0.39, 0.29) is 17.0 Å². The first-order valence-electron chi connectivity index (χ1n) is 4.86. The zero-order chi connectivity index (χ0) is 9.80. The van der Waals surface area contributed by atoms with Gasteiger partial charge in [0.25, 0.3) is 0 Å². The van der Waals surface area contributed by atoms with Crippen molar-refractivity contribution in [2.24, 2.45) is 0 Å². The molecule has 82 valence electrons. The molecule has 2 rings (SSSR count). The van der Waals surface area contributed by atoms with Crippen molar-refractivity contribution in [3.63, 3.8) is 0 Å². The Bertz CT molecular complexity index is 316. The maximum absolute atomic E-state index is 7.66. The molecule has 4 heteroatoms. The lowest BCUT2D eigenvalue weighted by Crippen LogP contribution is -2.26. The second kappa shape index (κ2) is 6.18. The van der Waals surface area contributed by atoms with Gasteiger partial charge in [0.15, 0.2) is 5.17 Å². The predicted octanol–water partition coefficient (Wildman–Crippen LogP) is 2.79. The summed E-state index contributed by atoms with van der Waals surface area (Å²) in [7, 11) is 0. The molecule has 2 nitrogen and oxygen atoms in total. The topological polar surface area (TPSA) is 27.1 Å². The van der Waals surface area contributed by atoms with Crippen molar-refractivity contribution in [1.82, 2.24) is 4.90 Å². The van der Waals surface area contributed by atoms with Crippen LogP contribution in [0.4, 0.5) is 0 Å². The summed E-state index contributed by atoms with van der Waals surface area (Å²) in [5.41, 5.74) is 1.36. The molecule has 1 fully saturated rings. The molecule has 1 aromatic carbocycles. The van der Waals surface area contributed by atoms with Crippen LogP contribution in [0.15, 0.2) is 30.3 Å². The SMILES string of the molecule is Br.N=C1SCCN1CCc1ccccc1. The minimum atomic E-state index is 0. The van der Waals surface area contributed by atoms with E-state index < -0.39 is 0 Å². The minimum Gasteiger partial charge on any atom is -0.350 e. The number of benzene rings is 1. The molecule has 0 atom stereocenters. The third kappa shape index (κ3) is 3.54. The highest BCUT2D eigenvalue weighted by atomic mass is 79.9. The lowest BCUT2D eigenvalue weighted by molar-refractivity contribution is 0.464. The monoisotopic (exact) mass is 286 g/mol. The number of thioether (sulfide) groups is 1. The molecular weight excluding hydrogens is 272 g/mol. The lowest BCUT2D eigenvalue weighted by atomic mass is 10.1. The van der Waals surface area contributed by atoms with E-state index in [2.05, 4.69) is 29.2 Å². The molecule has 0 spiro atoms. The summed E-state index contributed by atoms with van der Waals surface area (Å²) in [6, 6.07) is 10.5. The van der Waals surface area contributed by atoms with E-state index in [1.54, 1.807) is 11.8 Å². The van der Waals surface area contributed by atoms with Gasteiger partial charge in [0.2, 0.25) is 0 Å². The standard InChI is InChI=1S/C11H14N2S.BrH/c12-11-13(8-9-14-11)7-6-10-4-2-1-3-5-10;/h1-5,12H,6-9H2;1H. The molecule has 0 amide bonds. The number of hydrogen-bond acceptors (Lipinski definition) is 2. The molecule has 0 saturated carbocycles. The molecule has 0 aromatic heterocycles. The zero-order valence-electron chi connectivity index (χ0n) is 8.48. The van der Waals surface area contributed by atoms with Crippen LogP contribution in [0.3, 0.4) is 0 Å². The number of amidine groups is 1. The van der Waals surface area contributed by atoms with Crippen LogP contribution in [0.25, 0.3) is 0 Å². The molecule has 1 heterocycles. The molecule has 0 bridgehead atoms. The first-order chi connectivity index (χ1) is 6.86.